The molecule has 0 amide bonds. The number of aryl methyl sites for hydroxylation is 1. The molecule has 0 saturated carbocycles. The third-order valence-corrected chi connectivity index (χ3v) is 2.96. The molecule has 0 heterocycles. The maximum absolute atomic E-state index is 13.5. The first-order valence-corrected chi connectivity index (χ1v) is 6.18. The number of halogens is 1. The van der Waals surface area contributed by atoms with E-state index >= 15 is 0 Å². The Labute approximate surface area is 115 Å². The van der Waals surface area contributed by atoms with E-state index in [1.54, 1.807) is 30.3 Å². The second-order valence-corrected chi connectivity index (χ2v) is 4.40. The fraction of sp³-hybridized carbons (Fsp3) is 0.125. The molecule has 2 aromatic carbocycles. The molecule has 4 heteroatoms. The summed E-state index contributed by atoms with van der Waals surface area (Å²) in [6.45, 7) is 0. The van der Waals surface area contributed by atoms with Crippen molar-refractivity contribution in [2.45, 2.75) is 12.8 Å². The van der Waals surface area contributed by atoms with E-state index < -0.39 is 11.8 Å². The molecule has 0 bridgehead atoms. The van der Waals surface area contributed by atoms with Gasteiger partial charge in [0.15, 0.2) is 5.78 Å². The maximum atomic E-state index is 13.5. The minimum atomic E-state index is -0.864. The van der Waals surface area contributed by atoms with Crippen LogP contribution in [0.1, 0.15) is 27.9 Å². The summed E-state index contributed by atoms with van der Waals surface area (Å²) in [6, 6.07) is 12.4. The number of hydrogen-bond donors (Lipinski definition) is 1. The summed E-state index contributed by atoms with van der Waals surface area (Å²) in [6.07, 6.45) is 0.449. The SMILES string of the molecule is O=C(O)CCc1ccc(C(=O)c2ccccc2F)cc1. The predicted molar refractivity (Wildman–Crippen MR) is 72.2 cm³/mol. The molecule has 0 aliphatic carbocycles. The van der Waals surface area contributed by atoms with Crippen molar-refractivity contribution in [3.05, 3.63) is 71.0 Å². The van der Waals surface area contributed by atoms with Crippen LogP contribution in [0.5, 0.6) is 0 Å². The van der Waals surface area contributed by atoms with E-state index in [4.69, 9.17) is 5.11 Å². The molecule has 0 fully saturated rings. The summed E-state index contributed by atoms with van der Waals surface area (Å²) in [5, 5.41) is 8.60. The van der Waals surface area contributed by atoms with E-state index in [2.05, 4.69) is 0 Å². The number of ketones is 1. The molecule has 0 atom stereocenters. The van der Waals surface area contributed by atoms with Crippen molar-refractivity contribution in [3.63, 3.8) is 0 Å². The summed E-state index contributed by atoms with van der Waals surface area (Å²) < 4.78 is 13.5. The molecule has 0 aliphatic heterocycles. The average Bonchev–Trinajstić information content (AvgIpc) is 2.45. The number of carbonyl (C=O) groups excluding carboxylic acids is 1. The Morgan fingerprint density at radius 2 is 1.65 bits per heavy atom. The average molecular weight is 272 g/mol. The largest absolute Gasteiger partial charge is 0.481 e. The summed E-state index contributed by atoms with van der Waals surface area (Å²) in [5.74, 6) is -1.79. The Bertz CT molecular complexity index is 632. The van der Waals surface area contributed by atoms with Gasteiger partial charge in [-0.25, -0.2) is 4.39 Å². The van der Waals surface area contributed by atoms with E-state index in [9.17, 15) is 14.0 Å². The van der Waals surface area contributed by atoms with Crippen molar-refractivity contribution >= 4 is 11.8 Å². The van der Waals surface area contributed by atoms with E-state index in [1.807, 2.05) is 0 Å². The van der Waals surface area contributed by atoms with Gasteiger partial charge in [-0.2, -0.15) is 0 Å². The molecule has 20 heavy (non-hydrogen) atoms. The first-order chi connectivity index (χ1) is 9.58. The number of carbonyl (C=O) groups is 2. The van der Waals surface area contributed by atoms with Crippen LogP contribution >= 0.6 is 0 Å². The van der Waals surface area contributed by atoms with Gasteiger partial charge in [0, 0.05) is 12.0 Å². The van der Waals surface area contributed by atoms with Gasteiger partial charge < -0.3 is 5.11 Å². The summed E-state index contributed by atoms with van der Waals surface area (Å²) in [7, 11) is 0. The van der Waals surface area contributed by atoms with Gasteiger partial charge in [0.2, 0.25) is 0 Å². The van der Waals surface area contributed by atoms with Gasteiger partial charge in [-0.1, -0.05) is 36.4 Å². The molecule has 0 radical (unpaired) electrons. The lowest BCUT2D eigenvalue weighted by Crippen LogP contribution is -2.04. The van der Waals surface area contributed by atoms with Gasteiger partial charge in [0.1, 0.15) is 5.82 Å². The van der Waals surface area contributed by atoms with Gasteiger partial charge in [-0.15, -0.1) is 0 Å². The van der Waals surface area contributed by atoms with Crippen LogP contribution in [0.2, 0.25) is 0 Å². The number of benzene rings is 2. The lowest BCUT2D eigenvalue weighted by atomic mass is 10.0. The number of hydrogen-bond acceptors (Lipinski definition) is 2. The highest BCUT2D eigenvalue weighted by Crippen LogP contribution is 2.14. The van der Waals surface area contributed by atoms with Crippen molar-refractivity contribution in [3.8, 4) is 0 Å². The number of rotatable bonds is 5. The van der Waals surface area contributed by atoms with Crippen LogP contribution in [0.25, 0.3) is 0 Å². The quantitative estimate of drug-likeness (QED) is 0.851. The summed E-state index contributed by atoms with van der Waals surface area (Å²) >= 11 is 0. The number of aliphatic carboxylic acids is 1. The van der Waals surface area contributed by atoms with Crippen molar-refractivity contribution in [2.75, 3.05) is 0 Å². The summed E-state index contributed by atoms with van der Waals surface area (Å²) in [5.41, 5.74) is 1.25. The van der Waals surface area contributed by atoms with Crippen molar-refractivity contribution in [2.24, 2.45) is 0 Å². The van der Waals surface area contributed by atoms with Crippen molar-refractivity contribution in [1.82, 2.24) is 0 Å². The molecule has 0 aliphatic rings. The standard InChI is InChI=1S/C16H13FO3/c17-14-4-2-1-3-13(14)16(20)12-8-5-11(6-9-12)7-10-15(18)19/h1-6,8-9H,7,10H2,(H,18,19). The predicted octanol–water partition coefficient (Wildman–Crippen LogP) is 3.07. The molecular formula is C16H13FO3. The zero-order valence-corrected chi connectivity index (χ0v) is 10.7. The number of carboxylic acid groups (broad SMARTS) is 1. The normalized spacial score (nSPS) is 10.2. The van der Waals surface area contributed by atoms with Crippen molar-refractivity contribution in [1.29, 1.82) is 0 Å². The number of carboxylic acids is 1. The Kier molecular flexibility index (Phi) is 4.25. The lowest BCUT2D eigenvalue weighted by Gasteiger charge is -2.04. The van der Waals surface area contributed by atoms with Crippen LogP contribution in [0, 0.1) is 5.82 Å². The molecular weight excluding hydrogens is 259 g/mol. The van der Waals surface area contributed by atoms with Crippen molar-refractivity contribution < 1.29 is 19.1 Å². The maximum Gasteiger partial charge on any atom is 0.303 e. The van der Waals surface area contributed by atoms with E-state index in [1.165, 1.54) is 18.2 Å². The van der Waals surface area contributed by atoms with E-state index in [-0.39, 0.29) is 17.8 Å². The molecule has 3 nitrogen and oxygen atoms in total. The highest BCUT2D eigenvalue weighted by molar-refractivity contribution is 6.09. The zero-order valence-electron chi connectivity index (χ0n) is 10.7. The minimum absolute atomic E-state index is 0.0331. The first-order valence-electron chi connectivity index (χ1n) is 6.18. The van der Waals surface area contributed by atoms with E-state index in [0.29, 0.717) is 12.0 Å². The fourth-order valence-corrected chi connectivity index (χ4v) is 1.87. The Balaban J connectivity index is 2.16. The summed E-state index contributed by atoms with van der Waals surface area (Å²) in [4.78, 5) is 22.6. The molecule has 2 rings (SSSR count). The Hall–Kier alpha value is -2.49. The first kappa shape index (κ1) is 13.9. The smallest absolute Gasteiger partial charge is 0.303 e. The Morgan fingerprint density at radius 3 is 2.25 bits per heavy atom. The topological polar surface area (TPSA) is 54.4 Å². The third kappa shape index (κ3) is 3.29. The van der Waals surface area contributed by atoms with Crippen LogP contribution in [0.15, 0.2) is 48.5 Å². The molecule has 0 unspecified atom stereocenters. The highest BCUT2D eigenvalue weighted by Gasteiger charge is 2.13. The monoisotopic (exact) mass is 272 g/mol. The lowest BCUT2D eigenvalue weighted by molar-refractivity contribution is -0.136. The van der Waals surface area contributed by atoms with Gasteiger partial charge in [-0.3, -0.25) is 9.59 Å². The second kappa shape index (κ2) is 6.10. The minimum Gasteiger partial charge on any atom is -0.481 e. The Morgan fingerprint density at radius 1 is 1.00 bits per heavy atom. The molecule has 0 saturated heterocycles. The van der Waals surface area contributed by atoms with Crippen LogP contribution in [0.4, 0.5) is 4.39 Å². The van der Waals surface area contributed by atoms with Gasteiger partial charge >= 0.3 is 5.97 Å². The fourth-order valence-electron chi connectivity index (χ4n) is 1.87. The second-order valence-electron chi connectivity index (χ2n) is 4.40. The molecule has 0 spiro atoms. The van der Waals surface area contributed by atoms with Crippen LogP contribution in [-0.4, -0.2) is 16.9 Å². The molecule has 2 aromatic rings. The van der Waals surface area contributed by atoms with Crippen LogP contribution in [0.3, 0.4) is 0 Å². The van der Waals surface area contributed by atoms with Gasteiger partial charge in [0.05, 0.1) is 5.56 Å². The van der Waals surface area contributed by atoms with E-state index in [0.717, 1.165) is 5.56 Å². The molecule has 0 aromatic heterocycles. The van der Waals surface area contributed by atoms with Gasteiger partial charge in [-0.05, 0) is 24.1 Å². The van der Waals surface area contributed by atoms with Crippen LogP contribution in [-0.2, 0) is 11.2 Å². The van der Waals surface area contributed by atoms with Gasteiger partial charge in [0.25, 0.3) is 0 Å². The molecule has 102 valence electrons. The highest BCUT2D eigenvalue weighted by atomic mass is 19.1. The zero-order chi connectivity index (χ0) is 14.5. The molecule has 1 N–H and O–H groups in total. The van der Waals surface area contributed by atoms with Crippen LogP contribution < -0.4 is 0 Å². The third-order valence-electron chi connectivity index (χ3n) is 2.96.